The van der Waals surface area contributed by atoms with Gasteiger partial charge in [-0.05, 0) is 31.0 Å². The molecule has 0 radical (unpaired) electrons. The lowest BCUT2D eigenvalue weighted by molar-refractivity contribution is 0.0746. The van der Waals surface area contributed by atoms with E-state index in [-0.39, 0.29) is 5.91 Å². The number of carbonyl (C=O) groups is 1. The number of rotatable bonds is 3. The Kier molecular flexibility index (Phi) is 3.48. The zero-order valence-corrected chi connectivity index (χ0v) is 14.9. The summed E-state index contributed by atoms with van der Waals surface area (Å²) in [5.74, 6) is 1.77. The van der Waals surface area contributed by atoms with Crippen molar-refractivity contribution < 1.29 is 4.79 Å². The molecule has 2 aromatic heterocycles. The zero-order chi connectivity index (χ0) is 17.7. The Morgan fingerprint density at radius 2 is 1.96 bits per heavy atom. The van der Waals surface area contributed by atoms with Gasteiger partial charge in [-0.2, -0.15) is 5.10 Å². The van der Waals surface area contributed by atoms with Crippen molar-refractivity contribution in [2.75, 3.05) is 31.1 Å². The Morgan fingerprint density at radius 3 is 2.73 bits per heavy atom. The number of hydrogen-bond donors (Lipinski definition) is 1. The largest absolute Gasteiger partial charge is 0.352 e. The average molecular weight is 350 g/mol. The fourth-order valence-electron chi connectivity index (χ4n) is 3.68. The van der Waals surface area contributed by atoms with Gasteiger partial charge in [0.25, 0.3) is 5.91 Å². The minimum Gasteiger partial charge on any atom is -0.352 e. The van der Waals surface area contributed by atoms with Crippen molar-refractivity contribution >= 4 is 22.8 Å². The van der Waals surface area contributed by atoms with E-state index >= 15 is 0 Å². The van der Waals surface area contributed by atoms with Crippen LogP contribution in [0.3, 0.4) is 0 Å². The number of anilines is 1. The summed E-state index contributed by atoms with van der Waals surface area (Å²) in [6.07, 6.45) is 4.31. The summed E-state index contributed by atoms with van der Waals surface area (Å²) in [7, 11) is 1.96. The maximum atomic E-state index is 12.8. The third-order valence-electron chi connectivity index (χ3n) is 5.46. The molecule has 1 saturated carbocycles. The maximum Gasteiger partial charge on any atom is 0.254 e. The first-order valence-electron chi connectivity index (χ1n) is 9.19. The molecule has 1 amide bonds. The number of H-pyrrole nitrogens is 1. The highest BCUT2D eigenvalue weighted by atomic mass is 16.2. The fraction of sp³-hybridized carbons (Fsp3) is 0.421. The van der Waals surface area contributed by atoms with Crippen LogP contribution in [-0.2, 0) is 7.05 Å². The van der Waals surface area contributed by atoms with E-state index in [1.54, 1.807) is 6.33 Å². The van der Waals surface area contributed by atoms with Crippen molar-refractivity contribution in [1.82, 2.24) is 24.6 Å². The van der Waals surface area contributed by atoms with Crippen LogP contribution in [0.25, 0.3) is 11.0 Å². The second kappa shape index (κ2) is 5.86. The normalized spacial score (nSPS) is 17.9. The molecule has 1 aromatic carbocycles. The molecule has 0 atom stereocenters. The number of piperazine rings is 1. The molecular weight excluding hydrogens is 328 g/mol. The molecule has 1 aliphatic heterocycles. The topological polar surface area (TPSA) is 70.1 Å². The Balaban J connectivity index is 1.26. The Labute approximate surface area is 151 Å². The molecule has 2 fully saturated rings. The third kappa shape index (κ3) is 2.64. The molecule has 5 rings (SSSR count). The highest BCUT2D eigenvalue weighted by Gasteiger charge is 2.28. The maximum absolute atomic E-state index is 12.8. The summed E-state index contributed by atoms with van der Waals surface area (Å²) < 4.78 is 1.96. The van der Waals surface area contributed by atoms with Crippen molar-refractivity contribution in [2.45, 2.75) is 18.8 Å². The zero-order valence-electron chi connectivity index (χ0n) is 14.9. The summed E-state index contributed by atoms with van der Waals surface area (Å²) in [5.41, 5.74) is 3.86. The molecule has 0 bridgehead atoms. The number of aromatic nitrogens is 4. The van der Waals surface area contributed by atoms with Crippen LogP contribution in [0, 0.1) is 0 Å². The number of carbonyl (C=O) groups excluding carboxylic acids is 1. The number of nitrogens with one attached hydrogen (secondary N) is 1. The van der Waals surface area contributed by atoms with E-state index in [0.717, 1.165) is 29.9 Å². The van der Waals surface area contributed by atoms with Gasteiger partial charge in [0.15, 0.2) is 5.82 Å². The molecule has 7 heteroatoms. The summed E-state index contributed by atoms with van der Waals surface area (Å²) in [6.45, 7) is 3.05. The highest BCUT2D eigenvalue weighted by molar-refractivity contribution is 5.97. The van der Waals surface area contributed by atoms with Crippen molar-refractivity contribution in [2.24, 2.45) is 7.05 Å². The van der Waals surface area contributed by atoms with Gasteiger partial charge in [-0.3, -0.25) is 9.89 Å². The first kappa shape index (κ1) is 15.4. The lowest BCUT2D eigenvalue weighted by Gasteiger charge is -2.34. The van der Waals surface area contributed by atoms with Crippen molar-refractivity contribution in [1.29, 1.82) is 0 Å². The van der Waals surface area contributed by atoms with Crippen LogP contribution in [0.2, 0.25) is 0 Å². The van der Waals surface area contributed by atoms with Gasteiger partial charge in [-0.15, -0.1) is 0 Å². The minimum atomic E-state index is 0.0814. The minimum absolute atomic E-state index is 0.0814. The van der Waals surface area contributed by atoms with Crippen LogP contribution in [0.15, 0.2) is 30.6 Å². The van der Waals surface area contributed by atoms with Crippen LogP contribution in [-0.4, -0.2) is 56.7 Å². The number of imidazole rings is 1. The molecule has 1 N–H and O–H groups in total. The van der Waals surface area contributed by atoms with Gasteiger partial charge < -0.3 is 14.4 Å². The van der Waals surface area contributed by atoms with Gasteiger partial charge in [0.1, 0.15) is 0 Å². The highest BCUT2D eigenvalue weighted by Crippen LogP contribution is 2.39. The molecule has 1 aliphatic carbocycles. The van der Waals surface area contributed by atoms with Gasteiger partial charge in [0.2, 0.25) is 0 Å². The first-order chi connectivity index (χ1) is 12.7. The number of aryl methyl sites for hydroxylation is 1. The summed E-state index contributed by atoms with van der Waals surface area (Å²) in [5, 5.41) is 7.62. The van der Waals surface area contributed by atoms with E-state index in [1.165, 1.54) is 18.5 Å². The standard InChI is InChI=1S/C19H22N6O/c1-23-12-20-16-10-14(4-5-17(16)23)19(26)25-8-6-24(7-9-25)18-11-15(21-22-18)13-2-3-13/h4-5,10-13H,2-3,6-9H2,1H3,(H,21,22). The van der Waals surface area contributed by atoms with Crippen molar-refractivity contribution in [3.05, 3.63) is 41.9 Å². The van der Waals surface area contributed by atoms with Crippen LogP contribution in [0.5, 0.6) is 0 Å². The Hall–Kier alpha value is -2.83. The first-order valence-corrected chi connectivity index (χ1v) is 9.19. The molecule has 26 heavy (non-hydrogen) atoms. The summed E-state index contributed by atoms with van der Waals surface area (Å²) in [6, 6.07) is 7.92. The van der Waals surface area contributed by atoms with Gasteiger partial charge in [0, 0.05) is 56.5 Å². The molecule has 2 aliphatic rings. The molecule has 7 nitrogen and oxygen atoms in total. The van der Waals surface area contributed by atoms with Gasteiger partial charge >= 0.3 is 0 Å². The summed E-state index contributed by atoms with van der Waals surface area (Å²) >= 11 is 0. The molecular formula is C19H22N6O. The predicted octanol–water partition coefficient (Wildman–Crippen LogP) is 2.14. The summed E-state index contributed by atoms with van der Waals surface area (Å²) in [4.78, 5) is 21.4. The molecule has 0 unspecified atom stereocenters. The molecule has 134 valence electrons. The van der Waals surface area contributed by atoms with Crippen LogP contribution < -0.4 is 4.90 Å². The Bertz CT molecular complexity index is 961. The predicted molar refractivity (Wildman–Crippen MR) is 99.4 cm³/mol. The molecule has 0 spiro atoms. The van der Waals surface area contributed by atoms with Crippen LogP contribution in [0.4, 0.5) is 5.82 Å². The third-order valence-corrected chi connectivity index (χ3v) is 5.46. The second-order valence-electron chi connectivity index (χ2n) is 7.29. The van der Waals surface area contributed by atoms with E-state index in [2.05, 4.69) is 26.1 Å². The van der Waals surface area contributed by atoms with Crippen LogP contribution >= 0.6 is 0 Å². The number of nitrogens with zero attached hydrogens (tertiary/aromatic N) is 5. The average Bonchev–Trinajstić information content (AvgIpc) is 3.30. The lowest BCUT2D eigenvalue weighted by atomic mass is 10.1. The van der Waals surface area contributed by atoms with Gasteiger partial charge in [-0.1, -0.05) is 0 Å². The van der Waals surface area contributed by atoms with E-state index < -0.39 is 0 Å². The number of benzene rings is 1. The van der Waals surface area contributed by atoms with E-state index in [0.29, 0.717) is 24.6 Å². The number of hydrogen-bond acceptors (Lipinski definition) is 4. The fourth-order valence-corrected chi connectivity index (χ4v) is 3.68. The Morgan fingerprint density at radius 1 is 1.15 bits per heavy atom. The quantitative estimate of drug-likeness (QED) is 0.786. The van der Waals surface area contributed by atoms with Crippen molar-refractivity contribution in [3.63, 3.8) is 0 Å². The molecule has 3 aromatic rings. The number of amides is 1. The van der Waals surface area contributed by atoms with Gasteiger partial charge in [0.05, 0.1) is 17.4 Å². The van der Waals surface area contributed by atoms with E-state index in [4.69, 9.17) is 0 Å². The smallest absolute Gasteiger partial charge is 0.254 e. The molecule has 3 heterocycles. The lowest BCUT2D eigenvalue weighted by Crippen LogP contribution is -2.48. The SMILES string of the molecule is Cn1cnc2cc(C(=O)N3CCN(c4cc(C5CC5)[nH]n4)CC3)ccc21. The van der Waals surface area contributed by atoms with Crippen molar-refractivity contribution in [3.8, 4) is 0 Å². The second-order valence-corrected chi connectivity index (χ2v) is 7.29. The van der Waals surface area contributed by atoms with Crippen LogP contribution in [0.1, 0.15) is 34.8 Å². The number of fused-ring (bicyclic) bond motifs is 1. The monoisotopic (exact) mass is 350 g/mol. The number of aromatic amines is 1. The van der Waals surface area contributed by atoms with E-state index in [1.807, 2.05) is 34.7 Å². The van der Waals surface area contributed by atoms with Gasteiger partial charge in [-0.25, -0.2) is 4.98 Å². The molecule has 1 saturated heterocycles. The van der Waals surface area contributed by atoms with E-state index in [9.17, 15) is 4.79 Å².